The Morgan fingerprint density at radius 1 is 0.771 bits per heavy atom. The van der Waals surface area contributed by atoms with Gasteiger partial charge in [-0.1, -0.05) is 36.4 Å². The topological polar surface area (TPSA) is 161 Å². The van der Waals surface area contributed by atoms with E-state index in [4.69, 9.17) is 8.47 Å². The third-order valence-electron chi connectivity index (χ3n) is 6.31. The molecule has 0 N–H and O–H groups in total. The molecule has 5 unspecified atom stereocenters. The van der Waals surface area contributed by atoms with Crippen LogP contribution in [-0.2, 0) is 43.1 Å². The van der Waals surface area contributed by atoms with Crippen LogP contribution in [0.5, 0.6) is 0 Å². The van der Waals surface area contributed by atoms with Crippen molar-refractivity contribution in [1.82, 2.24) is 5.06 Å². The lowest BCUT2D eigenvalue weighted by Crippen LogP contribution is -2.39. The van der Waals surface area contributed by atoms with Crippen LogP contribution in [-0.4, -0.2) is 57.0 Å². The molecule has 2 amide bonds. The number of ketones is 1. The third kappa shape index (κ3) is 3.69. The molecule has 0 spiro atoms. The number of hydrogen-bond acceptors (Lipinski definition) is 10. The van der Waals surface area contributed by atoms with Gasteiger partial charge in [0.1, 0.15) is 11.8 Å². The zero-order valence-electron chi connectivity index (χ0n) is 17.7. The van der Waals surface area contributed by atoms with Crippen molar-refractivity contribution in [3.05, 3.63) is 65.6 Å². The number of amides is 2. The Labute approximate surface area is 199 Å². The number of imide groups is 1. The van der Waals surface area contributed by atoms with E-state index in [1.54, 1.807) is 12.1 Å². The standard InChI is InChI=1S/C21H17N2O10S2/c24-18-16-14(11-22(27)21(16)32-34(28,29)12-7-3-1-4-8-12)15-17(18)20(26)23(19(15)25)33-35(30,31)13-9-5-2-6-10-13/h1-10,14-17,21H,11H2/q+1. The smallest absolute Gasteiger partial charge is 0.298 e. The molecular weight excluding hydrogens is 504 g/mol. The number of carbonyl (C=O) groups is 3. The molecule has 35 heavy (non-hydrogen) atoms. The highest BCUT2D eigenvalue weighted by atomic mass is 32.2. The van der Waals surface area contributed by atoms with E-state index in [-0.39, 0.29) is 19.6 Å². The molecule has 2 aromatic carbocycles. The minimum absolute atomic E-state index is 0.0375. The van der Waals surface area contributed by atoms with Gasteiger partial charge in [-0.3, -0.25) is 14.4 Å². The van der Waals surface area contributed by atoms with Gasteiger partial charge in [0.15, 0.2) is 12.3 Å². The summed E-state index contributed by atoms with van der Waals surface area (Å²) in [6.07, 6.45) is -1.77. The van der Waals surface area contributed by atoms with E-state index >= 15 is 0 Å². The van der Waals surface area contributed by atoms with Crippen molar-refractivity contribution in [2.24, 2.45) is 23.7 Å². The van der Waals surface area contributed by atoms with E-state index in [2.05, 4.69) is 0 Å². The Morgan fingerprint density at radius 3 is 1.89 bits per heavy atom. The van der Waals surface area contributed by atoms with Crippen LogP contribution in [0.1, 0.15) is 0 Å². The molecule has 12 nitrogen and oxygen atoms in total. The molecule has 2 aliphatic heterocycles. The fourth-order valence-corrected chi connectivity index (χ4v) is 6.79. The molecule has 5 atom stereocenters. The second-order valence-corrected chi connectivity index (χ2v) is 11.4. The summed E-state index contributed by atoms with van der Waals surface area (Å²) < 4.78 is 60.3. The Hall–Kier alpha value is -3.33. The molecule has 3 fully saturated rings. The molecule has 2 saturated heterocycles. The maximum Gasteiger partial charge on any atom is 0.329 e. The van der Waals surface area contributed by atoms with E-state index in [0.717, 1.165) is 0 Å². The largest absolute Gasteiger partial charge is 0.329 e. The van der Waals surface area contributed by atoms with E-state index in [1.165, 1.54) is 48.5 Å². The molecule has 3 aliphatic rings. The molecule has 1 saturated carbocycles. The molecule has 2 aromatic rings. The van der Waals surface area contributed by atoms with E-state index in [0.29, 0.717) is 0 Å². The first-order chi connectivity index (χ1) is 16.5. The van der Waals surface area contributed by atoms with Crippen molar-refractivity contribution in [2.45, 2.75) is 16.0 Å². The molecule has 2 heterocycles. The van der Waals surface area contributed by atoms with Crippen LogP contribution in [0.4, 0.5) is 0 Å². The van der Waals surface area contributed by atoms with Crippen LogP contribution in [0, 0.1) is 28.6 Å². The van der Waals surface area contributed by atoms with Gasteiger partial charge < -0.3 is 0 Å². The minimum Gasteiger partial charge on any atom is -0.298 e. The summed E-state index contributed by atoms with van der Waals surface area (Å²) in [5.74, 6) is -8.60. The fraction of sp³-hybridized carbons (Fsp3) is 0.286. The maximum absolute atomic E-state index is 13.1. The van der Waals surface area contributed by atoms with Crippen LogP contribution in [0.3, 0.4) is 0 Å². The Bertz CT molecular complexity index is 1460. The molecule has 1 aliphatic carbocycles. The predicted molar refractivity (Wildman–Crippen MR) is 113 cm³/mol. The molecule has 14 heteroatoms. The van der Waals surface area contributed by atoms with E-state index in [9.17, 15) is 36.1 Å². The van der Waals surface area contributed by atoms with Crippen molar-refractivity contribution in [1.29, 1.82) is 0 Å². The van der Waals surface area contributed by atoms with Crippen LogP contribution in [0.25, 0.3) is 0 Å². The van der Waals surface area contributed by atoms with Gasteiger partial charge in [-0.05, 0) is 24.3 Å². The highest BCUT2D eigenvalue weighted by Gasteiger charge is 2.73. The number of fused-ring (bicyclic) bond motifs is 3. The van der Waals surface area contributed by atoms with Crippen molar-refractivity contribution in [3.8, 4) is 0 Å². The number of hydroxylamine groups is 2. The Kier molecular flexibility index (Phi) is 5.43. The molecular formula is C21H17N2O10S2+. The number of nitroso groups, excluding NO2 is 1. The summed E-state index contributed by atoms with van der Waals surface area (Å²) in [6.45, 7) is -0.467. The number of nitrogens with zero attached hydrogens (tertiary/aromatic N) is 2. The first-order valence-corrected chi connectivity index (χ1v) is 13.2. The van der Waals surface area contributed by atoms with Crippen molar-refractivity contribution in [2.75, 3.05) is 6.54 Å². The minimum atomic E-state index is -4.56. The highest BCUT2D eigenvalue weighted by Crippen LogP contribution is 2.50. The third-order valence-corrected chi connectivity index (χ3v) is 8.81. The van der Waals surface area contributed by atoms with Crippen LogP contribution in [0.15, 0.2) is 70.5 Å². The van der Waals surface area contributed by atoms with Crippen molar-refractivity contribution >= 4 is 37.8 Å². The van der Waals surface area contributed by atoms with Gasteiger partial charge >= 0.3 is 26.5 Å². The van der Waals surface area contributed by atoms with Crippen LogP contribution >= 0.6 is 0 Å². The summed E-state index contributed by atoms with van der Waals surface area (Å²) in [6, 6.07) is 13.7. The average Bonchev–Trinajstić information content (AvgIpc) is 3.39. The first-order valence-electron chi connectivity index (χ1n) is 10.4. The van der Waals surface area contributed by atoms with Crippen LogP contribution < -0.4 is 0 Å². The SMILES string of the molecule is O=C1C2C(=O)N(OS(=O)(=O)c3ccccc3)C(=O)C2C2C[N+](=O)C(OS(=O)(=O)c3ccccc3)C12. The van der Waals surface area contributed by atoms with Gasteiger partial charge in [0.05, 0.1) is 21.6 Å². The Morgan fingerprint density at radius 2 is 1.31 bits per heavy atom. The zero-order chi connectivity index (χ0) is 25.1. The normalized spacial score (nSPS) is 28.5. The number of Topliss-reactive ketones (excluding diaryl/α,β-unsaturated/α-hetero) is 1. The number of hydrogen-bond donors (Lipinski definition) is 0. The van der Waals surface area contributed by atoms with Gasteiger partial charge in [0.25, 0.3) is 11.8 Å². The molecule has 0 bridgehead atoms. The monoisotopic (exact) mass is 521 g/mol. The Balaban J connectivity index is 1.40. The van der Waals surface area contributed by atoms with Crippen molar-refractivity contribution in [3.63, 3.8) is 0 Å². The number of carbonyl (C=O) groups excluding carboxylic acids is 3. The van der Waals surface area contributed by atoms with Crippen LogP contribution in [0.2, 0.25) is 0 Å². The van der Waals surface area contributed by atoms with Gasteiger partial charge in [-0.25, -0.2) is 0 Å². The first kappa shape index (κ1) is 23.4. The molecule has 0 aromatic heterocycles. The average molecular weight is 522 g/mol. The van der Waals surface area contributed by atoms with Gasteiger partial charge in [0.2, 0.25) is 0 Å². The number of rotatable bonds is 6. The van der Waals surface area contributed by atoms with E-state index in [1.807, 2.05) is 0 Å². The maximum atomic E-state index is 13.1. The van der Waals surface area contributed by atoms with Gasteiger partial charge in [-0.2, -0.15) is 21.0 Å². The summed E-state index contributed by atoms with van der Waals surface area (Å²) in [4.78, 5) is 51.0. The lowest BCUT2D eigenvalue weighted by Gasteiger charge is -2.17. The highest BCUT2D eigenvalue weighted by molar-refractivity contribution is 7.87. The summed E-state index contributed by atoms with van der Waals surface area (Å²) in [5, 5.41) is 0.0375. The molecule has 182 valence electrons. The lowest BCUT2D eigenvalue weighted by atomic mass is 9.90. The quantitative estimate of drug-likeness (QED) is 0.223. The van der Waals surface area contributed by atoms with Gasteiger partial charge in [-0.15, -0.1) is 9.35 Å². The molecule has 5 rings (SSSR count). The van der Waals surface area contributed by atoms with Crippen molar-refractivity contribution < 1.29 is 44.4 Å². The predicted octanol–water partition coefficient (Wildman–Crippen LogP) is 0.247. The summed E-state index contributed by atoms with van der Waals surface area (Å²) >= 11 is 0. The second-order valence-electron chi connectivity index (χ2n) is 8.26. The van der Waals surface area contributed by atoms with Gasteiger partial charge in [0, 0.05) is 9.67 Å². The molecule has 0 radical (unpaired) electrons. The zero-order valence-corrected chi connectivity index (χ0v) is 19.3. The summed E-state index contributed by atoms with van der Waals surface area (Å²) in [5.41, 5.74) is 0. The fourth-order valence-electron chi connectivity index (χ4n) is 4.79. The second kappa shape index (κ2) is 8.12. The lowest BCUT2D eigenvalue weighted by molar-refractivity contribution is -0.603. The summed E-state index contributed by atoms with van der Waals surface area (Å²) in [7, 11) is -8.99. The van der Waals surface area contributed by atoms with E-state index < -0.39 is 74.3 Å². The number of benzene rings is 2.